The Morgan fingerprint density at radius 1 is 0.857 bits per heavy atom. The second kappa shape index (κ2) is 9.77. The summed E-state index contributed by atoms with van der Waals surface area (Å²) in [5, 5.41) is 10.2. The highest BCUT2D eigenvalue weighted by molar-refractivity contribution is 5.95. The molecular weight excluding hydrogens is 452 g/mol. The Morgan fingerprint density at radius 2 is 1.54 bits per heavy atom. The number of hydrogen-bond acceptors (Lipinski definition) is 5. The van der Waals surface area contributed by atoms with Crippen LogP contribution in [-0.2, 0) is 4.79 Å². The van der Waals surface area contributed by atoms with Gasteiger partial charge >= 0.3 is 0 Å². The summed E-state index contributed by atoms with van der Waals surface area (Å²) in [7, 11) is 0. The van der Waals surface area contributed by atoms with Gasteiger partial charge in [0.05, 0.1) is 5.92 Å². The van der Waals surface area contributed by atoms with Gasteiger partial charge in [0.15, 0.2) is 5.82 Å². The fourth-order valence-corrected chi connectivity index (χ4v) is 4.58. The minimum Gasteiger partial charge on any atom is -0.353 e. The second-order valence-electron chi connectivity index (χ2n) is 9.00. The summed E-state index contributed by atoms with van der Waals surface area (Å²) in [5.41, 5.74) is 2.43. The van der Waals surface area contributed by atoms with Crippen molar-refractivity contribution in [3.05, 3.63) is 83.6 Å². The molecule has 0 spiro atoms. The number of aromatic nitrogens is 2. The maximum atomic E-state index is 13.1. The molecule has 2 aliphatic rings. The molecule has 1 N–H and O–H groups in total. The average Bonchev–Trinajstić information content (AvgIpc) is 2.85. The quantitative estimate of drug-likeness (QED) is 0.604. The van der Waals surface area contributed by atoms with Crippen molar-refractivity contribution in [3.63, 3.8) is 0 Å². The van der Waals surface area contributed by atoms with E-state index in [2.05, 4.69) is 15.5 Å². The molecule has 2 aliphatic heterocycles. The number of nitrogens with one attached hydrogen (secondary N) is 1. The van der Waals surface area contributed by atoms with Gasteiger partial charge in [-0.15, -0.1) is 10.2 Å². The lowest BCUT2D eigenvalue weighted by atomic mass is 9.89. The van der Waals surface area contributed by atoms with E-state index in [4.69, 9.17) is 0 Å². The fraction of sp³-hybridized carbons (Fsp3) is 0.308. The van der Waals surface area contributed by atoms with Crippen LogP contribution in [0.4, 0.5) is 20.3 Å². The van der Waals surface area contributed by atoms with Crippen molar-refractivity contribution < 1.29 is 18.4 Å². The largest absolute Gasteiger partial charge is 0.353 e. The molecule has 35 heavy (non-hydrogen) atoms. The number of carbonyl (C=O) groups excluding carboxylic acids is 2. The van der Waals surface area contributed by atoms with Gasteiger partial charge in [-0.25, -0.2) is 4.39 Å². The van der Waals surface area contributed by atoms with Crippen LogP contribution in [0, 0.1) is 17.7 Å². The molecule has 0 bridgehead atoms. The summed E-state index contributed by atoms with van der Waals surface area (Å²) in [6.45, 7) is 2.32. The topological polar surface area (TPSA) is 78.4 Å². The van der Waals surface area contributed by atoms with E-state index in [0.717, 1.165) is 18.5 Å². The molecule has 0 atom stereocenters. The minimum absolute atomic E-state index is 0.0586. The van der Waals surface area contributed by atoms with Crippen LogP contribution in [0.1, 0.15) is 34.7 Å². The van der Waals surface area contributed by atoms with Gasteiger partial charge in [0.1, 0.15) is 5.82 Å². The number of anilines is 2. The van der Waals surface area contributed by atoms with Crippen LogP contribution in [-0.4, -0.2) is 53.1 Å². The Kier molecular flexibility index (Phi) is 6.39. The molecule has 2 amide bonds. The van der Waals surface area contributed by atoms with Gasteiger partial charge in [0.25, 0.3) is 5.91 Å². The molecule has 2 saturated heterocycles. The SMILES string of the molecule is O=C(Nc1ccc(C2CCN(C(=O)c3ccc(F)cc3)CC2)cc1)C1CN(c2ccc(F)nn2)C1. The summed E-state index contributed by atoms with van der Waals surface area (Å²) in [6, 6.07) is 16.3. The highest BCUT2D eigenvalue weighted by Gasteiger charge is 2.34. The van der Waals surface area contributed by atoms with E-state index in [1.807, 2.05) is 34.1 Å². The van der Waals surface area contributed by atoms with Gasteiger partial charge in [-0.2, -0.15) is 4.39 Å². The molecule has 180 valence electrons. The molecule has 2 aromatic carbocycles. The molecular formula is C26H25F2N5O2. The number of amides is 2. The molecule has 1 aromatic heterocycles. The molecule has 3 heterocycles. The Morgan fingerprint density at radius 3 is 2.17 bits per heavy atom. The second-order valence-corrected chi connectivity index (χ2v) is 9.00. The number of nitrogens with zero attached hydrogens (tertiary/aromatic N) is 4. The summed E-state index contributed by atoms with van der Waals surface area (Å²) in [5.74, 6) is -0.367. The number of hydrogen-bond donors (Lipinski definition) is 1. The predicted octanol–water partition coefficient (Wildman–Crippen LogP) is 3.85. The minimum atomic E-state index is -0.629. The summed E-state index contributed by atoms with van der Waals surface area (Å²) >= 11 is 0. The number of piperidine rings is 1. The van der Waals surface area contributed by atoms with E-state index >= 15 is 0 Å². The number of rotatable bonds is 5. The van der Waals surface area contributed by atoms with Crippen molar-refractivity contribution in [1.82, 2.24) is 15.1 Å². The Hall–Kier alpha value is -3.88. The molecule has 0 saturated carbocycles. The summed E-state index contributed by atoms with van der Waals surface area (Å²) < 4.78 is 26.0. The molecule has 0 radical (unpaired) electrons. The first-order valence-corrected chi connectivity index (χ1v) is 11.7. The first kappa shape index (κ1) is 22.9. The normalized spacial score (nSPS) is 16.6. The molecule has 0 unspecified atom stereocenters. The molecule has 7 nitrogen and oxygen atoms in total. The number of carbonyl (C=O) groups is 2. The standard InChI is InChI=1S/C26H25F2N5O2/c27-21-5-1-19(2-6-21)26(35)32-13-11-18(12-14-32)17-3-7-22(8-4-17)29-25(34)20-15-33(16-20)24-10-9-23(28)30-31-24/h1-10,18,20H,11-16H2,(H,29,34). The van der Waals surface area contributed by atoms with Crippen LogP contribution in [0.25, 0.3) is 0 Å². The fourth-order valence-electron chi connectivity index (χ4n) is 4.58. The van der Waals surface area contributed by atoms with E-state index < -0.39 is 5.95 Å². The smallest absolute Gasteiger partial charge is 0.253 e. The third-order valence-electron chi connectivity index (χ3n) is 6.72. The highest BCUT2D eigenvalue weighted by atomic mass is 19.1. The maximum absolute atomic E-state index is 13.1. The number of benzene rings is 2. The third-order valence-corrected chi connectivity index (χ3v) is 6.72. The zero-order chi connectivity index (χ0) is 24.4. The lowest BCUT2D eigenvalue weighted by Crippen LogP contribution is -2.52. The van der Waals surface area contributed by atoms with Crippen LogP contribution in [0.5, 0.6) is 0 Å². The molecule has 2 fully saturated rings. The Labute approximate surface area is 201 Å². The van der Waals surface area contributed by atoms with Crippen molar-refractivity contribution in [2.24, 2.45) is 5.92 Å². The van der Waals surface area contributed by atoms with Crippen LogP contribution in [0.3, 0.4) is 0 Å². The van der Waals surface area contributed by atoms with Gasteiger partial charge in [-0.1, -0.05) is 12.1 Å². The lowest BCUT2D eigenvalue weighted by molar-refractivity contribution is -0.120. The number of halogens is 2. The Bertz CT molecular complexity index is 1190. The van der Waals surface area contributed by atoms with E-state index in [-0.39, 0.29) is 23.5 Å². The van der Waals surface area contributed by atoms with Gasteiger partial charge in [0, 0.05) is 37.4 Å². The number of likely N-dealkylation sites (tertiary alicyclic amines) is 1. The zero-order valence-corrected chi connectivity index (χ0v) is 19.0. The van der Waals surface area contributed by atoms with E-state index in [1.165, 1.54) is 35.9 Å². The van der Waals surface area contributed by atoms with Crippen LogP contribution >= 0.6 is 0 Å². The predicted molar refractivity (Wildman–Crippen MR) is 127 cm³/mol. The zero-order valence-electron chi connectivity index (χ0n) is 19.0. The molecule has 5 rings (SSSR count). The van der Waals surface area contributed by atoms with Crippen molar-refractivity contribution in [3.8, 4) is 0 Å². The molecule has 0 aliphatic carbocycles. The van der Waals surface area contributed by atoms with Crippen molar-refractivity contribution in [1.29, 1.82) is 0 Å². The van der Waals surface area contributed by atoms with Gasteiger partial charge in [-0.3, -0.25) is 9.59 Å². The van der Waals surface area contributed by atoms with Crippen LogP contribution in [0.15, 0.2) is 60.7 Å². The van der Waals surface area contributed by atoms with Crippen molar-refractivity contribution in [2.75, 3.05) is 36.4 Å². The Balaban J connectivity index is 1.09. The molecule has 9 heteroatoms. The lowest BCUT2D eigenvalue weighted by Gasteiger charge is -2.38. The summed E-state index contributed by atoms with van der Waals surface area (Å²) in [6.07, 6.45) is 1.70. The van der Waals surface area contributed by atoms with E-state index in [0.29, 0.717) is 43.5 Å². The third kappa shape index (κ3) is 5.13. The van der Waals surface area contributed by atoms with Crippen molar-refractivity contribution >= 4 is 23.3 Å². The average molecular weight is 478 g/mol. The first-order valence-electron chi connectivity index (χ1n) is 11.7. The van der Waals surface area contributed by atoms with Gasteiger partial charge in [-0.05, 0) is 72.9 Å². The van der Waals surface area contributed by atoms with E-state index in [9.17, 15) is 18.4 Å². The van der Waals surface area contributed by atoms with Gasteiger partial charge in [0.2, 0.25) is 11.9 Å². The van der Waals surface area contributed by atoms with Crippen molar-refractivity contribution in [2.45, 2.75) is 18.8 Å². The molecule has 3 aromatic rings. The van der Waals surface area contributed by atoms with Gasteiger partial charge < -0.3 is 15.1 Å². The summed E-state index contributed by atoms with van der Waals surface area (Å²) in [4.78, 5) is 28.9. The monoisotopic (exact) mass is 477 g/mol. The highest BCUT2D eigenvalue weighted by Crippen LogP contribution is 2.30. The van der Waals surface area contributed by atoms with Crippen LogP contribution in [0.2, 0.25) is 0 Å². The van der Waals surface area contributed by atoms with E-state index in [1.54, 1.807) is 6.07 Å². The van der Waals surface area contributed by atoms with Crippen LogP contribution < -0.4 is 10.2 Å². The maximum Gasteiger partial charge on any atom is 0.253 e. The first-order chi connectivity index (χ1) is 17.0.